The van der Waals surface area contributed by atoms with Crippen LogP contribution in [0.15, 0.2) is 90.1 Å². The van der Waals surface area contributed by atoms with Crippen molar-refractivity contribution in [3.05, 3.63) is 90.0 Å². The van der Waals surface area contributed by atoms with Gasteiger partial charge < -0.3 is 5.32 Å². The summed E-state index contributed by atoms with van der Waals surface area (Å²) in [5.41, 5.74) is 2.59. The molecule has 0 aliphatic carbocycles. The second-order valence-electron chi connectivity index (χ2n) is 6.19. The third-order valence-corrected chi connectivity index (χ3v) is 5.32. The van der Waals surface area contributed by atoms with Crippen molar-refractivity contribution in [3.8, 4) is 17.1 Å². The lowest BCUT2D eigenvalue weighted by molar-refractivity contribution is -0.113. The largest absolute Gasteiger partial charge is 0.325 e. The number of para-hydroxylation sites is 2. The molecule has 7 heteroatoms. The Morgan fingerprint density at radius 2 is 1.55 bits per heavy atom. The van der Waals surface area contributed by atoms with Crippen molar-refractivity contribution in [2.75, 3.05) is 11.1 Å². The SMILES string of the molecule is O=C(CSc1nnc(-c2ccc(Cl)cc2)n1-c1ccccc1)Nc1ccccc1. The lowest BCUT2D eigenvalue weighted by atomic mass is 10.2. The van der Waals surface area contributed by atoms with Gasteiger partial charge in [0.05, 0.1) is 5.75 Å². The number of thioether (sulfide) groups is 1. The van der Waals surface area contributed by atoms with E-state index in [1.807, 2.05) is 89.5 Å². The number of nitrogens with zero attached hydrogens (tertiary/aromatic N) is 3. The average Bonchev–Trinajstić information content (AvgIpc) is 3.18. The molecule has 144 valence electrons. The van der Waals surface area contributed by atoms with Crippen molar-refractivity contribution in [2.45, 2.75) is 5.16 Å². The molecule has 0 unspecified atom stereocenters. The van der Waals surface area contributed by atoms with Crippen molar-refractivity contribution in [2.24, 2.45) is 0 Å². The van der Waals surface area contributed by atoms with E-state index in [0.29, 0.717) is 16.0 Å². The van der Waals surface area contributed by atoms with E-state index in [-0.39, 0.29) is 11.7 Å². The molecule has 1 aromatic heterocycles. The summed E-state index contributed by atoms with van der Waals surface area (Å²) in [6.07, 6.45) is 0. The van der Waals surface area contributed by atoms with Gasteiger partial charge in [0.15, 0.2) is 11.0 Å². The maximum atomic E-state index is 12.3. The highest BCUT2D eigenvalue weighted by atomic mass is 35.5. The summed E-state index contributed by atoms with van der Waals surface area (Å²) in [6, 6.07) is 26.7. The van der Waals surface area contributed by atoms with E-state index < -0.39 is 0 Å². The number of aromatic nitrogens is 3. The van der Waals surface area contributed by atoms with Gasteiger partial charge in [0.2, 0.25) is 5.91 Å². The molecule has 0 aliphatic heterocycles. The van der Waals surface area contributed by atoms with Gasteiger partial charge in [-0.3, -0.25) is 9.36 Å². The molecule has 0 aliphatic rings. The Labute approximate surface area is 177 Å². The van der Waals surface area contributed by atoms with E-state index in [1.54, 1.807) is 0 Å². The minimum Gasteiger partial charge on any atom is -0.325 e. The third-order valence-electron chi connectivity index (χ3n) is 4.14. The first kappa shape index (κ1) is 19.2. The van der Waals surface area contributed by atoms with E-state index >= 15 is 0 Å². The van der Waals surface area contributed by atoms with Crippen LogP contribution in [0.25, 0.3) is 17.1 Å². The zero-order valence-corrected chi connectivity index (χ0v) is 16.9. The summed E-state index contributed by atoms with van der Waals surface area (Å²) >= 11 is 7.36. The zero-order valence-electron chi connectivity index (χ0n) is 15.3. The molecule has 4 rings (SSSR count). The van der Waals surface area contributed by atoms with Crippen LogP contribution in [0, 0.1) is 0 Å². The number of hydrogen-bond donors (Lipinski definition) is 1. The lowest BCUT2D eigenvalue weighted by Gasteiger charge is -2.10. The summed E-state index contributed by atoms with van der Waals surface area (Å²) < 4.78 is 1.95. The van der Waals surface area contributed by atoms with Crippen LogP contribution in [0.4, 0.5) is 5.69 Å². The molecule has 0 radical (unpaired) electrons. The molecule has 0 fully saturated rings. The normalized spacial score (nSPS) is 10.7. The van der Waals surface area contributed by atoms with Gasteiger partial charge in [-0.2, -0.15) is 0 Å². The summed E-state index contributed by atoms with van der Waals surface area (Å²) in [6.45, 7) is 0. The maximum absolute atomic E-state index is 12.3. The highest BCUT2D eigenvalue weighted by Gasteiger charge is 2.17. The first-order valence-corrected chi connectivity index (χ1v) is 10.3. The minimum atomic E-state index is -0.100. The number of halogens is 1. The predicted octanol–water partition coefficient (Wildman–Crippen LogP) is 5.32. The van der Waals surface area contributed by atoms with Gasteiger partial charge in [0.25, 0.3) is 0 Å². The molecule has 4 aromatic rings. The number of carbonyl (C=O) groups is 1. The molecule has 29 heavy (non-hydrogen) atoms. The van der Waals surface area contributed by atoms with E-state index in [2.05, 4.69) is 15.5 Å². The topological polar surface area (TPSA) is 59.8 Å². The summed E-state index contributed by atoms with van der Waals surface area (Å²) in [5.74, 6) is 0.816. The molecule has 0 atom stereocenters. The molecule has 0 saturated carbocycles. The van der Waals surface area contributed by atoms with Crippen molar-refractivity contribution >= 4 is 35.0 Å². The molecule has 5 nitrogen and oxygen atoms in total. The Morgan fingerprint density at radius 1 is 0.897 bits per heavy atom. The van der Waals surface area contributed by atoms with Crippen molar-refractivity contribution in [1.29, 1.82) is 0 Å². The zero-order chi connectivity index (χ0) is 20.1. The number of carbonyl (C=O) groups excluding carboxylic acids is 1. The third kappa shape index (κ3) is 4.67. The number of nitrogens with one attached hydrogen (secondary N) is 1. The van der Waals surface area contributed by atoms with Crippen LogP contribution in [0.1, 0.15) is 0 Å². The van der Waals surface area contributed by atoms with Crippen molar-refractivity contribution in [1.82, 2.24) is 14.8 Å². The van der Waals surface area contributed by atoms with Gasteiger partial charge in [0.1, 0.15) is 0 Å². The summed E-state index contributed by atoms with van der Waals surface area (Å²) in [4.78, 5) is 12.3. The number of hydrogen-bond acceptors (Lipinski definition) is 4. The molecule has 0 bridgehead atoms. The quantitative estimate of drug-likeness (QED) is 0.429. The van der Waals surface area contributed by atoms with Gasteiger partial charge in [-0.05, 0) is 48.5 Å². The van der Waals surface area contributed by atoms with Crippen molar-refractivity contribution < 1.29 is 4.79 Å². The van der Waals surface area contributed by atoms with Crippen LogP contribution in [0.2, 0.25) is 5.02 Å². The molecule has 1 heterocycles. The summed E-state index contributed by atoms with van der Waals surface area (Å²) in [5, 5.41) is 12.9. The molecular weight excluding hydrogens is 404 g/mol. The number of rotatable bonds is 6. The van der Waals surface area contributed by atoms with Crippen LogP contribution in [0.3, 0.4) is 0 Å². The number of amides is 1. The Hall–Kier alpha value is -3.09. The Morgan fingerprint density at radius 3 is 2.24 bits per heavy atom. The highest BCUT2D eigenvalue weighted by Crippen LogP contribution is 2.28. The van der Waals surface area contributed by atoms with Crippen LogP contribution in [0.5, 0.6) is 0 Å². The monoisotopic (exact) mass is 420 g/mol. The van der Waals surface area contributed by atoms with Crippen molar-refractivity contribution in [3.63, 3.8) is 0 Å². The predicted molar refractivity (Wildman–Crippen MR) is 118 cm³/mol. The molecule has 0 saturated heterocycles. The minimum absolute atomic E-state index is 0.100. The van der Waals surface area contributed by atoms with Gasteiger partial charge in [-0.25, -0.2) is 0 Å². The molecular formula is C22H17ClN4OS. The fourth-order valence-electron chi connectivity index (χ4n) is 2.81. The Kier molecular flexibility index (Phi) is 5.93. The van der Waals surface area contributed by atoms with Crippen LogP contribution < -0.4 is 5.32 Å². The van der Waals surface area contributed by atoms with Gasteiger partial charge >= 0.3 is 0 Å². The van der Waals surface area contributed by atoms with Gasteiger partial charge in [-0.15, -0.1) is 10.2 Å². The van der Waals surface area contributed by atoms with E-state index in [4.69, 9.17) is 11.6 Å². The fraction of sp³-hybridized carbons (Fsp3) is 0.0455. The van der Waals surface area contributed by atoms with Crippen LogP contribution >= 0.6 is 23.4 Å². The first-order valence-electron chi connectivity index (χ1n) is 8.95. The first-order chi connectivity index (χ1) is 14.2. The fourth-order valence-corrected chi connectivity index (χ4v) is 3.69. The molecule has 0 spiro atoms. The van der Waals surface area contributed by atoms with E-state index in [0.717, 1.165) is 16.9 Å². The second-order valence-corrected chi connectivity index (χ2v) is 7.57. The highest BCUT2D eigenvalue weighted by molar-refractivity contribution is 7.99. The maximum Gasteiger partial charge on any atom is 0.234 e. The molecule has 3 aromatic carbocycles. The lowest BCUT2D eigenvalue weighted by Crippen LogP contribution is -2.14. The second kappa shape index (κ2) is 8.94. The van der Waals surface area contributed by atoms with Crippen LogP contribution in [-0.4, -0.2) is 26.4 Å². The molecule has 1 N–H and O–H groups in total. The molecule has 1 amide bonds. The van der Waals surface area contributed by atoms with Crippen LogP contribution in [-0.2, 0) is 4.79 Å². The number of anilines is 1. The Bertz CT molecular complexity index is 1100. The summed E-state index contributed by atoms with van der Waals surface area (Å²) in [7, 11) is 0. The van der Waals surface area contributed by atoms with E-state index in [1.165, 1.54) is 11.8 Å². The van der Waals surface area contributed by atoms with Gasteiger partial charge in [0, 0.05) is 22.0 Å². The van der Waals surface area contributed by atoms with E-state index in [9.17, 15) is 4.79 Å². The average molecular weight is 421 g/mol. The number of benzene rings is 3. The van der Waals surface area contributed by atoms with Gasteiger partial charge in [-0.1, -0.05) is 59.8 Å². The standard InChI is InChI=1S/C22H17ClN4OS/c23-17-13-11-16(12-14-17)21-25-26-22(27(21)19-9-5-2-6-10-19)29-15-20(28)24-18-7-3-1-4-8-18/h1-14H,15H2,(H,24,28). The Balaban J connectivity index is 1.60. The smallest absolute Gasteiger partial charge is 0.234 e.